The fraction of sp³-hybridized carbons (Fsp3) is 0. The Labute approximate surface area is 153 Å². The van der Waals surface area contributed by atoms with Crippen molar-refractivity contribution in [3.05, 3.63) is 0 Å². The molecule has 0 spiro atoms. The summed E-state index contributed by atoms with van der Waals surface area (Å²) in [6.45, 7) is 0. The van der Waals surface area contributed by atoms with Crippen molar-refractivity contribution in [1.29, 1.82) is 0 Å². The fourth-order valence-electron chi connectivity index (χ4n) is 0. The topological polar surface area (TPSA) is 0 Å². The van der Waals surface area contributed by atoms with Crippen LogP contribution in [0, 0.1) is 0 Å². The summed E-state index contributed by atoms with van der Waals surface area (Å²) in [6, 6.07) is 0. The molecule has 0 aliphatic carbocycles. The second kappa shape index (κ2) is 20200. The summed E-state index contributed by atoms with van der Waals surface area (Å²) in [5.74, 6) is 0. The quantitative estimate of drug-likeness (QED) is 0.234. The van der Waals surface area contributed by atoms with E-state index < -0.39 is 0 Å². The molecule has 0 rings (SSSR count). The van der Waals surface area contributed by atoms with Crippen LogP contribution in [0.15, 0.2) is 0 Å². The van der Waals surface area contributed by atoms with Crippen LogP contribution in [0.4, 0.5) is 75.3 Å². The molecule has 0 unspecified atom stereocenters. The molecule has 0 bridgehead atoms. The molecule has 0 saturated heterocycles. The molecule has 0 nitrogen and oxygen atoms in total. The van der Waals surface area contributed by atoms with Gasteiger partial charge in [-0.25, -0.2) is 0 Å². The fourth-order valence-corrected chi connectivity index (χ4v) is 0. The van der Waals surface area contributed by atoms with Crippen LogP contribution in [0.1, 0.15) is 0 Å². The normalized spacial score (nSPS) is 0. The molecule has 0 aromatic carbocycles. The third-order valence-corrected chi connectivity index (χ3v) is 0. The molecule has 168 valence electrons. The summed E-state index contributed by atoms with van der Waals surface area (Å²) in [5.41, 5.74) is 0. The Balaban J connectivity index is 0. The molecule has 0 aromatic heterocycles. The minimum atomic E-state index is 0. The summed E-state index contributed by atoms with van der Waals surface area (Å²) in [4.78, 5) is 0. The van der Waals surface area contributed by atoms with Gasteiger partial charge >= 0.3 is 29.6 Å². The third-order valence-electron chi connectivity index (χ3n) is 0. The van der Waals surface area contributed by atoms with E-state index >= 15 is 0 Å². The predicted molar refractivity (Wildman–Crippen MR) is 85.4 cm³/mol. The van der Waals surface area contributed by atoms with Crippen molar-refractivity contribution in [2.45, 2.75) is 0 Å². The van der Waals surface area contributed by atoms with E-state index in [0.717, 1.165) is 0 Å². The zero-order valence-corrected chi connectivity index (χ0v) is 9.91. The van der Waals surface area contributed by atoms with E-state index in [1.807, 2.05) is 0 Å². The molecule has 0 heterocycles. The van der Waals surface area contributed by atoms with Gasteiger partial charge < -0.3 is 4.70 Å². The zero-order valence-electron chi connectivity index (χ0n) is 7.91. The zero-order chi connectivity index (χ0) is 0. The molecule has 0 N–H and O–H groups in total. The van der Waals surface area contributed by atoms with Gasteiger partial charge in [-0.2, -0.15) is 0 Å². The molecule has 0 aliphatic heterocycles. The minimum absolute atomic E-state index is 0. The predicted octanol–water partition coefficient (Wildman–Crippen LogP) is -9.36. The Morgan fingerprint density at radius 2 is 0.182 bits per heavy atom. The maximum atomic E-state index is 0. The Bertz CT molecular complexity index is 20.6. The van der Waals surface area contributed by atoms with Gasteiger partial charge in [0.1, 0.15) is 0 Å². The summed E-state index contributed by atoms with van der Waals surface area (Å²) in [6.07, 6.45) is 0. The summed E-state index contributed by atoms with van der Waals surface area (Å²) in [5, 5.41) is 0. The van der Waals surface area contributed by atoms with Crippen molar-refractivity contribution in [3.8, 4) is 0 Å². The van der Waals surface area contributed by atoms with Crippen molar-refractivity contribution in [3.63, 3.8) is 0 Å². The van der Waals surface area contributed by atoms with Gasteiger partial charge in [-0.15, -0.1) is 0 Å². The Morgan fingerprint density at radius 3 is 0.182 bits per heavy atom. The van der Waals surface area contributed by atoms with Crippen molar-refractivity contribution in [1.82, 2.24) is 0 Å². The van der Waals surface area contributed by atoms with E-state index in [2.05, 4.69) is 0 Å². The van der Waals surface area contributed by atoms with E-state index in [1.165, 1.54) is 0 Å². The molecule has 0 atom stereocenters. The number of halogens is 17. The Kier molecular flexibility index (Phi) is 21300000. The van der Waals surface area contributed by atoms with Crippen LogP contribution in [0.5, 0.6) is 0 Å². The molecule has 22 heteroatoms. The van der Waals surface area contributed by atoms with E-state index in [0.29, 0.717) is 0 Å². The molecule has 0 amide bonds. The van der Waals surface area contributed by atoms with Crippen LogP contribution < -0.4 is 34.3 Å². The summed E-state index contributed by atoms with van der Waals surface area (Å²) < 4.78 is 0. The van der Waals surface area contributed by atoms with E-state index in [1.54, 1.807) is 0 Å². The average molecular weight is 491 g/mol. The average Bonchev–Trinajstić information content (AvgIpc) is 0. The first kappa shape index (κ1) is 23200. The summed E-state index contributed by atoms with van der Waals surface area (Å²) >= 11 is 0. The first-order valence-corrected chi connectivity index (χ1v) is 0. The van der Waals surface area contributed by atoms with Crippen LogP contribution in [0.25, 0.3) is 0 Å². The van der Waals surface area contributed by atoms with Crippen molar-refractivity contribution < 1.29 is 110 Å². The van der Waals surface area contributed by atoms with Crippen LogP contribution >= 0.6 is 0 Å². The second-order valence-electron chi connectivity index (χ2n) is 0. The molecule has 0 radical (unpaired) electrons. The molecular weight excluding hydrogens is 458 g/mol. The van der Waals surface area contributed by atoms with Gasteiger partial charge in [-0.3, -0.25) is 75.3 Å². The van der Waals surface area contributed by atoms with Gasteiger partial charge in [-0.1, -0.05) is 0 Å². The Morgan fingerprint density at radius 1 is 0.182 bits per heavy atom. The smallest absolute Gasteiger partial charge is 1.00 e. The first-order valence-electron chi connectivity index (χ1n) is 0. The number of hydrogen-bond donors (Lipinski definition) is 0. The van der Waals surface area contributed by atoms with Crippen molar-refractivity contribution in [2.24, 2.45) is 0 Å². The largest absolute Gasteiger partial charge is 1.00 e. The standard InChI is InChI=1S/17FH.Na.4H4Si/h17*1H;;4*1H4/q;;;;;;;;;;;;;;;;;+1;;;;/p-1. The molecule has 22 heavy (non-hydrogen) atoms. The van der Waals surface area contributed by atoms with Crippen LogP contribution in [0.2, 0.25) is 0 Å². The molecule has 0 aliphatic rings. The van der Waals surface area contributed by atoms with Gasteiger partial charge in [-0.05, 0) is 43.9 Å². The van der Waals surface area contributed by atoms with Crippen LogP contribution in [0.3, 0.4) is 0 Å². The second-order valence-corrected chi connectivity index (χ2v) is 0. The van der Waals surface area contributed by atoms with Crippen molar-refractivity contribution in [2.75, 3.05) is 0 Å². The third kappa shape index (κ3) is 17400. The molecular formula is H32F17NaSi4. The van der Waals surface area contributed by atoms with Gasteiger partial charge in [0.05, 0.1) is 0 Å². The van der Waals surface area contributed by atoms with E-state index in [9.17, 15) is 0 Å². The van der Waals surface area contributed by atoms with Crippen LogP contribution in [-0.4, -0.2) is 43.9 Å². The van der Waals surface area contributed by atoms with E-state index in [4.69, 9.17) is 0 Å². The maximum absolute atomic E-state index is 0. The molecule has 0 fully saturated rings. The molecule has 0 saturated carbocycles. The SMILES string of the molecule is F.F.F.F.F.F.F.F.F.F.F.F.F.F.F.F.[F-].[Na+].[SiH4].[SiH4].[SiH4].[SiH4]. The van der Waals surface area contributed by atoms with Crippen molar-refractivity contribution >= 4 is 43.9 Å². The minimum Gasteiger partial charge on any atom is -1.00 e. The first-order chi connectivity index (χ1) is 0. The van der Waals surface area contributed by atoms with Gasteiger partial charge in [0.15, 0.2) is 0 Å². The van der Waals surface area contributed by atoms with Crippen LogP contribution in [-0.2, 0) is 0 Å². The molecule has 0 aromatic rings. The van der Waals surface area contributed by atoms with Gasteiger partial charge in [0.2, 0.25) is 0 Å². The Hall–Kier alpha value is 0.678. The van der Waals surface area contributed by atoms with Gasteiger partial charge in [0.25, 0.3) is 0 Å². The van der Waals surface area contributed by atoms with E-state index in [-0.39, 0.29) is 153 Å². The number of hydrogen-bond acceptors (Lipinski definition) is 0. The number of rotatable bonds is 0. The summed E-state index contributed by atoms with van der Waals surface area (Å²) in [7, 11) is 0. The maximum Gasteiger partial charge on any atom is 1.00 e. The van der Waals surface area contributed by atoms with Gasteiger partial charge in [0, 0.05) is 0 Å². The monoisotopic (exact) mass is 490 g/mol.